The maximum Gasteiger partial charge on any atom is 0.412 e. The highest BCUT2D eigenvalue weighted by Crippen LogP contribution is 2.35. The van der Waals surface area contributed by atoms with Gasteiger partial charge in [-0.15, -0.1) is 0 Å². The largest absolute Gasteiger partial charge is 0.619 e. The number of halogens is 3. The molecule has 1 N–H and O–H groups in total. The number of nitrogens with zero attached hydrogens (tertiary/aromatic N) is 1. The number of ether oxygens (including phenoxy) is 4. The summed E-state index contributed by atoms with van der Waals surface area (Å²) >= 11 is 12.5. The van der Waals surface area contributed by atoms with Gasteiger partial charge >= 0.3 is 12.1 Å². The second kappa shape index (κ2) is 12.4. The van der Waals surface area contributed by atoms with Crippen LogP contribution in [-0.4, -0.2) is 31.9 Å². The molecule has 1 aromatic heterocycles. The Hall–Kier alpha value is -3.76. The van der Waals surface area contributed by atoms with E-state index in [2.05, 4.69) is 5.32 Å². The second-order valence-corrected chi connectivity index (χ2v) is 10.1. The third-order valence-corrected chi connectivity index (χ3v) is 5.96. The Morgan fingerprint density at radius 1 is 1.03 bits per heavy atom. The molecule has 39 heavy (non-hydrogen) atoms. The lowest BCUT2D eigenvalue weighted by molar-refractivity contribution is -0.605. The number of methoxy groups -OCH3 is 2. The number of pyridine rings is 1. The minimum Gasteiger partial charge on any atom is -0.619 e. The van der Waals surface area contributed by atoms with Crippen LogP contribution in [0.4, 0.5) is 14.9 Å². The van der Waals surface area contributed by atoms with Gasteiger partial charge in [-0.2, -0.15) is 4.73 Å². The smallest absolute Gasteiger partial charge is 0.412 e. The third kappa shape index (κ3) is 7.87. The lowest BCUT2D eigenvalue weighted by atomic mass is 10.0. The average molecular weight is 581 g/mol. The summed E-state index contributed by atoms with van der Waals surface area (Å²) in [7, 11) is 2.92. The van der Waals surface area contributed by atoms with E-state index in [0.717, 1.165) is 18.5 Å². The number of hydrogen-bond donors (Lipinski definition) is 1. The number of esters is 1. The molecule has 0 aliphatic heterocycles. The average Bonchev–Trinajstić information content (AvgIpc) is 2.83. The summed E-state index contributed by atoms with van der Waals surface area (Å²) in [5, 5.41) is 14.2. The fourth-order valence-electron chi connectivity index (χ4n) is 3.56. The molecule has 2 aromatic carbocycles. The first kappa shape index (κ1) is 29.8. The highest BCUT2D eigenvalue weighted by Gasteiger charge is 2.26. The van der Waals surface area contributed by atoms with Crippen LogP contribution in [0.2, 0.25) is 10.0 Å². The first-order chi connectivity index (χ1) is 18.3. The molecule has 0 saturated heterocycles. The predicted octanol–water partition coefficient (Wildman–Crippen LogP) is 6.27. The molecule has 12 heteroatoms. The molecule has 0 aliphatic carbocycles. The van der Waals surface area contributed by atoms with Gasteiger partial charge in [0.05, 0.1) is 19.8 Å². The predicted molar refractivity (Wildman–Crippen MR) is 143 cm³/mol. The molecule has 1 heterocycles. The molecule has 1 unspecified atom stereocenters. The van der Waals surface area contributed by atoms with Crippen molar-refractivity contribution in [1.29, 1.82) is 0 Å². The Balaban J connectivity index is 1.92. The second-order valence-electron chi connectivity index (χ2n) is 9.33. The van der Waals surface area contributed by atoms with E-state index >= 15 is 0 Å². The van der Waals surface area contributed by atoms with Crippen molar-refractivity contribution in [3.8, 4) is 11.5 Å². The quantitative estimate of drug-likeness (QED) is 0.190. The topological polar surface area (TPSA) is 110 Å². The van der Waals surface area contributed by atoms with Crippen molar-refractivity contribution < 1.29 is 37.7 Å². The number of carbonyl (C=O) groups excluding carboxylic acids is 2. The van der Waals surface area contributed by atoms with Gasteiger partial charge in [-0.3, -0.25) is 5.32 Å². The molecule has 1 atom stereocenters. The molecule has 3 rings (SSSR count). The minimum absolute atomic E-state index is 0.0420. The highest BCUT2D eigenvalue weighted by atomic mass is 35.5. The number of anilines is 1. The van der Waals surface area contributed by atoms with Crippen molar-refractivity contribution in [3.05, 3.63) is 86.6 Å². The van der Waals surface area contributed by atoms with E-state index in [1.165, 1.54) is 26.4 Å². The summed E-state index contributed by atoms with van der Waals surface area (Å²) < 4.78 is 36.9. The van der Waals surface area contributed by atoms with Crippen LogP contribution in [-0.2, 0) is 15.9 Å². The maximum absolute atomic E-state index is 14.9. The Morgan fingerprint density at radius 2 is 1.67 bits per heavy atom. The first-order valence-corrected chi connectivity index (χ1v) is 12.4. The molecule has 0 spiro atoms. The summed E-state index contributed by atoms with van der Waals surface area (Å²) in [5.41, 5.74) is -0.225. The summed E-state index contributed by atoms with van der Waals surface area (Å²) in [6.45, 7) is 5.07. The number of aromatic nitrogens is 1. The van der Waals surface area contributed by atoms with Crippen molar-refractivity contribution in [2.45, 2.75) is 38.9 Å². The SMILES string of the molecule is COc1ccc(C(Cc2c(Cl)c[n+]([O-])cc2Cl)OC(=O)c2ccc(NC(=O)OC(C)(C)C)cc2F)cc1OC. The van der Waals surface area contributed by atoms with Crippen LogP contribution in [0.5, 0.6) is 11.5 Å². The van der Waals surface area contributed by atoms with Crippen LogP contribution >= 0.6 is 23.2 Å². The molecule has 0 radical (unpaired) electrons. The number of benzene rings is 2. The number of hydrogen-bond acceptors (Lipinski definition) is 7. The van der Waals surface area contributed by atoms with Crippen LogP contribution in [0.1, 0.15) is 48.4 Å². The number of amides is 1. The van der Waals surface area contributed by atoms with Crippen LogP contribution in [0.25, 0.3) is 0 Å². The monoisotopic (exact) mass is 580 g/mol. The van der Waals surface area contributed by atoms with Crippen LogP contribution in [0.15, 0.2) is 48.8 Å². The van der Waals surface area contributed by atoms with Crippen molar-refractivity contribution in [2.24, 2.45) is 0 Å². The van der Waals surface area contributed by atoms with Gasteiger partial charge in [-0.25, -0.2) is 14.0 Å². The van der Waals surface area contributed by atoms with Gasteiger partial charge in [-0.1, -0.05) is 29.3 Å². The molecular weight excluding hydrogens is 554 g/mol. The number of nitrogens with one attached hydrogen (secondary N) is 1. The van der Waals surface area contributed by atoms with Crippen molar-refractivity contribution in [3.63, 3.8) is 0 Å². The molecule has 0 aliphatic rings. The Kier molecular flexibility index (Phi) is 9.47. The van der Waals surface area contributed by atoms with Gasteiger partial charge in [0.1, 0.15) is 27.6 Å². The van der Waals surface area contributed by atoms with E-state index in [0.29, 0.717) is 27.4 Å². The molecule has 1 amide bonds. The van der Waals surface area contributed by atoms with Gasteiger partial charge in [0, 0.05) is 17.7 Å². The number of rotatable bonds is 8. The molecule has 9 nitrogen and oxygen atoms in total. The van der Waals surface area contributed by atoms with Gasteiger partial charge in [0.2, 0.25) is 0 Å². The summed E-state index contributed by atoms with van der Waals surface area (Å²) in [6, 6.07) is 8.35. The van der Waals surface area contributed by atoms with Crippen LogP contribution in [0, 0.1) is 11.0 Å². The first-order valence-electron chi connectivity index (χ1n) is 11.6. The van der Waals surface area contributed by atoms with E-state index in [4.69, 9.17) is 42.1 Å². The van der Waals surface area contributed by atoms with Gasteiger partial charge in [-0.05, 0) is 56.7 Å². The van der Waals surface area contributed by atoms with Gasteiger partial charge in [0.25, 0.3) is 0 Å². The van der Waals surface area contributed by atoms with E-state index in [9.17, 15) is 19.2 Å². The van der Waals surface area contributed by atoms with Crippen molar-refractivity contribution >= 4 is 41.0 Å². The van der Waals surface area contributed by atoms with Gasteiger partial charge in [0.15, 0.2) is 23.9 Å². The van der Waals surface area contributed by atoms with E-state index in [1.54, 1.807) is 39.0 Å². The standard InChI is InChI=1S/C27H27Cl2FN2O7/c1-27(2,3)39-26(34)31-16-7-8-17(21(30)11-16)25(33)38-23(12-18-19(28)13-32(35)14-20(18)29)15-6-9-22(36-4)24(10-15)37-5/h6-11,13-14,23H,12H2,1-5H3,(H,31,34). The van der Waals surface area contributed by atoms with Crippen LogP contribution < -0.4 is 19.5 Å². The lowest BCUT2D eigenvalue weighted by Gasteiger charge is -2.21. The molecule has 0 fully saturated rings. The summed E-state index contributed by atoms with van der Waals surface area (Å²) in [4.78, 5) is 25.1. The Labute approximate surface area is 234 Å². The van der Waals surface area contributed by atoms with Crippen LogP contribution in [0.3, 0.4) is 0 Å². The molecular formula is C27H27Cl2FN2O7. The zero-order chi connectivity index (χ0) is 28.9. The fraction of sp³-hybridized carbons (Fsp3) is 0.296. The molecule has 208 valence electrons. The molecule has 3 aromatic rings. The Morgan fingerprint density at radius 3 is 2.23 bits per heavy atom. The van der Waals surface area contributed by atoms with E-state index < -0.39 is 29.6 Å². The zero-order valence-corrected chi connectivity index (χ0v) is 23.4. The molecule has 0 bridgehead atoms. The van der Waals surface area contributed by atoms with Crippen molar-refractivity contribution in [2.75, 3.05) is 19.5 Å². The maximum atomic E-state index is 14.9. The normalized spacial score (nSPS) is 11.9. The fourth-order valence-corrected chi connectivity index (χ4v) is 4.16. The lowest BCUT2D eigenvalue weighted by Crippen LogP contribution is -2.27. The van der Waals surface area contributed by atoms with Gasteiger partial charge < -0.3 is 24.2 Å². The molecule has 0 saturated carbocycles. The Bertz CT molecular complexity index is 1360. The van der Waals surface area contributed by atoms with E-state index in [-0.39, 0.29) is 27.7 Å². The summed E-state index contributed by atoms with van der Waals surface area (Å²) in [5.74, 6) is -1.11. The minimum atomic E-state index is -1.02. The number of carbonyl (C=O) groups is 2. The van der Waals surface area contributed by atoms with E-state index in [1.807, 2.05) is 0 Å². The highest BCUT2D eigenvalue weighted by molar-refractivity contribution is 6.35. The summed E-state index contributed by atoms with van der Waals surface area (Å²) in [6.07, 6.45) is 0.397. The zero-order valence-electron chi connectivity index (χ0n) is 21.8. The third-order valence-electron chi connectivity index (χ3n) is 5.31. The van der Waals surface area contributed by atoms with Crippen molar-refractivity contribution in [1.82, 2.24) is 0 Å².